The number of anilines is 1. The lowest BCUT2D eigenvalue weighted by Gasteiger charge is -2.21. The second-order valence-corrected chi connectivity index (χ2v) is 5.24. The third-order valence-corrected chi connectivity index (χ3v) is 3.77. The van der Waals surface area contributed by atoms with Gasteiger partial charge in [0.1, 0.15) is 0 Å². The Labute approximate surface area is 115 Å². The number of nitrogens with zero attached hydrogens (tertiary/aromatic N) is 1. The molecule has 1 atom stereocenters. The molecule has 19 heavy (non-hydrogen) atoms. The van der Waals surface area contributed by atoms with Crippen LogP contribution in [0.5, 0.6) is 0 Å². The summed E-state index contributed by atoms with van der Waals surface area (Å²) in [6, 6.07) is 6.53. The Bertz CT molecular complexity index is 459. The first-order valence-electron chi connectivity index (χ1n) is 6.96. The van der Waals surface area contributed by atoms with Gasteiger partial charge in [-0.25, -0.2) is 0 Å². The monoisotopic (exact) mass is 261 g/mol. The maximum Gasteiger partial charge on any atom is 0.222 e. The Morgan fingerprint density at radius 2 is 2.32 bits per heavy atom. The Morgan fingerprint density at radius 1 is 1.53 bits per heavy atom. The van der Waals surface area contributed by atoms with Crippen molar-refractivity contribution in [2.24, 2.45) is 11.7 Å². The fourth-order valence-corrected chi connectivity index (χ4v) is 2.66. The van der Waals surface area contributed by atoms with Crippen molar-refractivity contribution < 1.29 is 4.79 Å². The molecule has 1 heterocycles. The van der Waals surface area contributed by atoms with Crippen LogP contribution in [0, 0.1) is 12.8 Å². The molecule has 1 amide bonds. The van der Waals surface area contributed by atoms with E-state index in [1.165, 1.54) is 16.8 Å². The highest BCUT2D eigenvalue weighted by Crippen LogP contribution is 2.27. The SMILES string of the molecule is CCNCc1ccc(N2CCC(C(N)=O)C2)c(C)c1. The van der Waals surface area contributed by atoms with Crippen LogP contribution >= 0.6 is 0 Å². The lowest BCUT2D eigenvalue weighted by Crippen LogP contribution is -2.27. The van der Waals surface area contributed by atoms with E-state index < -0.39 is 0 Å². The summed E-state index contributed by atoms with van der Waals surface area (Å²) in [5.41, 5.74) is 9.17. The van der Waals surface area contributed by atoms with Gasteiger partial charge in [0.05, 0.1) is 5.92 Å². The Kier molecular flexibility index (Phi) is 4.43. The number of amides is 1. The van der Waals surface area contributed by atoms with Gasteiger partial charge in [-0.3, -0.25) is 4.79 Å². The van der Waals surface area contributed by atoms with Gasteiger partial charge in [0.2, 0.25) is 5.91 Å². The molecule has 0 spiro atoms. The van der Waals surface area contributed by atoms with Crippen LogP contribution in [0.25, 0.3) is 0 Å². The van der Waals surface area contributed by atoms with E-state index in [0.29, 0.717) is 0 Å². The first-order valence-corrected chi connectivity index (χ1v) is 6.96. The lowest BCUT2D eigenvalue weighted by molar-refractivity contribution is -0.121. The Morgan fingerprint density at radius 3 is 2.89 bits per heavy atom. The van der Waals surface area contributed by atoms with Crippen LogP contribution in [0.3, 0.4) is 0 Å². The van der Waals surface area contributed by atoms with Crippen LogP contribution in [0.4, 0.5) is 5.69 Å². The quantitative estimate of drug-likeness (QED) is 0.842. The van der Waals surface area contributed by atoms with Gasteiger partial charge >= 0.3 is 0 Å². The van der Waals surface area contributed by atoms with E-state index in [1.54, 1.807) is 0 Å². The number of primary amides is 1. The molecule has 1 saturated heterocycles. The molecule has 0 bridgehead atoms. The van der Waals surface area contributed by atoms with Gasteiger partial charge in [-0.05, 0) is 37.1 Å². The fourth-order valence-electron chi connectivity index (χ4n) is 2.66. The highest BCUT2D eigenvalue weighted by atomic mass is 16.1. The van der Waals surface area contributed by atoms with Crippen LogP contribution in [0.15, 0.2) is 18.2 Å². The molecule has 0 radical (unpaired) electrons. The zero-order valence-corrected chi connectivity index (χ0v) is 11.8. The maximum absolute atomic E-state index is 11.2. The normalized spacial score (nSPS) is 18.8. The lowest BCUT2D eigenvalue weighted by atomic mass is 10.1. The van der Waals surface area contributed by atoms with Crippen LogP contribution < -0.4 is 16.0 Å². The Balaban J connectivity index is 2.07. The number of aryl methyl sites for hydroxylation is 1. The number of carbonyl (C=O) groups is 1. The van der Waals surface area contributed by atoms with Crippen molar-refractivity contribution in [1.29, 1.82) is 0 Å². The molecule has 2 rings (SSSR count). The molecule has 0 aliphatic carbocycles. The second-order valence-electron chi connectivity index (χ2n) is 5.24. The molecule has 0 aromatic heterocycles. The number of rotatable bonds is 5. The van der Waals surface area contributed by atoms with Crippen molar-refractivity contribution in [2.75, 3.05) is 24.5 Å². The van der Waals surface area contributed by atoms with Gasteiger partial charge in [-0.2, -0.15) is 0 Å². The van der Waals surface area contributed by atoms with Crippen molar-refractivity contribution in [3.05, 3.63) is 29.3 Å². The number of nitrogens with one attached hydrogen (secondary N) is 1. The van der Waals surface area contributed by atoms with Crippen molar-refractivity contribution in [1.82, 2.24) is 5.32 Å². The molecule has 1 aliphatic rings. The third-order valence-electron chi connectivity index (χ3n) is 3.77. The van der Waals surface area contributed by atoms with E-state index in [-0.39, 0.29) is 11.8 Å². The van der Waals surface area contributed by atoms with Gasteiger partial charge < -0.3 is 16.0 Å². The third kappa shape index (κ3) is 3.26. The molecule has 0 saturated carbocycles. The largest absolute Gasteiger partial charge is 0.370 e. The molecule has 4 heteroatoms. The van der Waals surface area contributed by atoms with Crippen LogP contribution in [0.1, 0.15) is 24.5 Å². The van der Waals surface area contributed by atoms with E-state index in [0.717, 1.165) is 32.6 Å². The molecule has 1 aromatic rings. The first-order chi connectivity index (χ1) is 9.11. The average Bonchev–Trinajstić information content (AvgIpc) is 2.86. The number of hydrogen-bond donors (Lipinski definition) is 2. The summed E-state index contributed by atoms with van der Waals surface area (Å²) in [7, 11) is 0. The van der Waals surface area contributed by atoms with Crippen LogP contribution in [0.2, 0.25) is 0 Å². The summed E-state index contributed by atoms with van der Waals surface area (Å²) in [6.45, 7) is 7.79. The zero-order chi connectivity index (χ0) is 13.8. The number of benzene rings is 1. The molecular weight excluding hydrogens is 238 g/mol. The molecule has 4 nitrogen and oxygen atoms in total. The topological polar surface area (TPSA) is 58.4 Å². The maximum atomic E-state index is 11.2. The van der Waals surface area contributed by atoms with E-state index in [4.69, 9.17) is 5.73 Å². The van der Waals surface area contributed by atoms with E-state index in [1.807, 2.05) is 0 Å². The highest BCUT2D eigenvalue weighted by Gasteiger charge is 2.27. The molecule has 1 unspecified atom stereocenters. The van der Waals surface area contributed by atoms with Crippen molar-refractivity contribution in [3.63, 3.8) is 0 Å². The van der Waals surface area contributed by atoms with Crippen LogP contribution in [-0.2, 0) is 11.3 Å². The second kappa shape index (κ2) is 6.06. The molecule has 1 fully saturated rings. The number of hydrogen-bond acceptors (Lipinski definition) is 3. The highest BCUT2D eigenvalue weighted by molar-refractivity contribution is 5.78. The van der Waals surface area contributed by atoms with Crippen LogP contribution in [-0.4, -0.2) is 25.5 Å². The standard InChI is InChI=1S/C15H23N3O/c1-3-17-9-12-4-5-14(11(2)8-12)18-7-6-13(10-18)15(16)19/h4-5,8,13,17H,3,6-7,9-10H2,1-2H3,(H2,16,19). The van der Waals surface area contributed by atoms with Gasteiger partial charge in [-0.15, -0.1) is 0 Å². The molecule has 1 aliphatic heterocycles. The molecule has 1 aromatic carbocycles. The van der Waals surface area contributed by atoms with E-state index in [2.05, 4.69) is 42.3 Å². The molecule has 104 valence electrons. The average molecular weight is 261 g/mol. The van der Waals surface area contributed by atoms with Crippen molar-refractivity contribution >= 4 is 11.6 Å². The zero-order valence-electron chi connectivity index (χ0n) is 11.8. The van der Waals surface area contributed by atoms with Gasteiger partial charge in [0.15, 0.2) is 0 Å². The Hall–Kier alpha value is -1.55. The van der Waals surface area contributed by atoms with E-state index in [9.17, 15) is 4.79 Å². The predicted molar refractivity (Wildman–Crippen MR) is 78.1 cm³/mol. The summed E-state index contributed by atoms with van der Waals surface area (Å²) in [5.74, 6) is -0.176. The number of carbonyl (C=O) groups excluding carboxylic acids is 1. The fraction of sp³-hybridized carbons (Fsp3) is 0.533. The summed E-state index contributed by atoms with van der Waals surface area (Å²) in [4.78, 5) is 13.5. The van der Waals surface area contributed by atoms with Crippen molar-refractivity contribution in [2.45, 2.75) is 26.8 Å². The van der Waals surface area contributed by atoms with E-state index >= 15 is 0 Å². The van der Waals surface area contributed by atoms with Crippen molar-refractivity contribution in [3.8, 4) is 0 Å². The summed E-state index contributed by atoms with van der Waals surface area (Å²) in [5, 5.41) is 3.33. The van der Waals surface area contributed by atoms with Gasteiger partial charge in [0.25, 0.3) is 0 Å². The summed E-state index contributed by atoms with van der Waals surface area (Å²) >= 11 is 0. The molecule has 3 N–H and O–H groups in total. The minimum atomic E-state index is -0.177. The van der Waals surface area contributed by atoms with Gasteiger partial charge in [0, 0.05) is 25.3 Å². The first kappa shape index (κ1) is 13.9. The summed E-state index contributed by atoms with van der Waals surface area (Å²) < 4.78 is 0. The number of nitrogens with two attached hydrogens (primary N) is 1. The minimum Gasteiger partial charge on any atom is -0.370 e. The molecular formula is C15H23N3O. The minimum absolute atomic E-state index is 0.000773. The predicted octanol–water partition coefficient (Wildman–Crippen LogP) is 1.42. The van der Waals surface area contributed by atoms with Gasteiger partial charge in [-0.1, -0.05) is 19.1 Å². The summed E-state index contributed by atoms with van der Waals surface area (Å²) in [6.07, 6.45) is 0.869. The smallest absolute Gasteiger partial charge is 0.222 e.